The number of hydrogen-bond acceptors (Lipinski definition) is 5. The third kappa shape index (κ3) is 4.48. The van der Waals surface area contributed by atoms with Gasteiger partial charge in [-0.2, -0.15) is 13.2 Å². The van der Waals surface area contributed by atoms with E-state index in [0.29, 0.717) is 0 Å². The van der Waals surface area contributed by atoms with Gasteiger partial charge in [0.25, 0.3) is 0 Å². The molecule has 0 spiro atoms. The Morgan fingerprint density at radius 3 is 2.52 bits per heavy atom. The van der Waals surface area contributed by atoms with Gasteiger partial charge in [-0.15, -0.1) is 0 Å². The van der Waals surface area contributed by atoms with Crippen molar-refractivity contribution in [1.82, 2.24) is 0 Å². The van der Waals surface area contributed by atoms with Crippen LogP contribution in [0.4, 0.5) is 18.9 Å². The number of esters is 1. The summed E-state index contributed by atoms with van der Waals surface area (Å²) in [5.74, 6) is -1.61. The van der Waals surface area contributed by atoms with Crippen molar-refractivity contribution >= 4 is 23.3 Å². The summed E-state index contributed by atoms with van der Waals surface area (Å²) in [7, 11) is 0. The number of carbonyl (C=O) groups is 1. The molecule has 6 nitrogen and oxygen atoms in total. The summed E-state index contributed by atoms with van der Waals surface area (Å²) >= 11 is 5.69. The zero-order valence-electron chi connectivity index (χ0n) is 10.6. The van der Waals surface area contributed by atoms with E-state index in [1.54, 1.807) is 0 Å². The number of halogens is 4. The smallest absolute Gasteiger partial charge is 0.422 e. The van der Waals surface area contributed by atoms with Crippen LogP contribution in [-0.2, 0) is 4.74 Å². The molecule has 0 aromatic heterocycles. The summed E-state index contributed by atoms with van der Waals surface area (Å²) < 4.78 is 45.2. The molecule has 0 atom stereocenters. The minimum Gasteiger partial charge on any atom is -0.477 e. The van der Waals surface area contributed by atoms with Crippen LogP contribution in [-0.4, -0.2) is 30.3 Å². The molecular weight excluding hydrogens is 319 g/mol. The molecule has 0 aliphatic rings. The van der Waals surface area contributed by atoms with Crippen LogP contribution < -0.4 is 4.74 Å². The Bertz CT molecular complexity index is 562. The number of carbonyl (C=O) groups excluding carboxylic acids is 1. The summed E-state index contributed by atoms with van der Waals surface area (Å²) in [6, 6.07) is 1.86. The van der Waals surface area contributed by atoms with E-state index >= 15 is 0 Å². The molecule has 116 valence electrons. The maximum Gasteiger partial charge on any atom is 0.422 e. The lowest BCUT2D eigenvalue weighted by Gasteiger charge is -2.11. The number of rotatable bonds is 5. The van der Waals surface area contributed by atoms with Gasteiger partial charge in [0, 0.05) is 0 Å². The topological polar surface area (TPSA) is 78.7 Å². The van der Waals surface area contributed by atoms with E-state index in [1.807, 2.05) is 0 Å². The number of benzene rings is 1. The highest BCUT2D eigenvalue weighted by Crippen LogP contribution is 2.38. The molecule has 10 heteroatoms. The second-order valence-electron chi connectivity index (χ2n) is 3.66. The van der Waals surface area contributed by atoms with Crippen molar-refractivity contribution in [3.05, 3.63) is 32.8 Å². The van der Waals surface area contributed by atoms with Crippen molar-refractivity contribution in [3.8, 4) is 5.75 Å². The molecule has 1 aromatic carbocycles. The van der Waals surface area contributed by atoms with E-state index < -0.39 is 40.1 Å². The predicted octanol–water partition coefficient (Wildman–Crippen LogP) is 3.37. The highest BCUT2D eigenvalue weighted by molar-refractivity contribution is 6.36. The van der Waals surface area contributed by atoms with Crippen molar-refractivity contribution in [2.24, 2.45) is 0 Å². The highest BCUT2D eigenvalue weighted by Gasteiger charge is 2.32. The number of ether oxygens (including phenoxy) is 2. The molecule has 21 heavy (non-hydrogen) atoms. The molecule has 0 fully saturated rings. The Hall–Kier alpha value is -2.03. The van der Waals surface area contributed by atoms with Crippen molar-refractivity contribution in [3.63, 3.8) is 0 Å². The lowest BCUT2D eigenvalue weighted by atomic mass is 10.2. The maximum atomic E-state index is 12.1. The molecule has 0 radical (unpaired) electrons. The minimum absolute atomic E-state index is 0.00921. The maximum absolute atomic E-state index is 12.1. The lowest BCUT2D eigenvalue weighted by Crippen LogP contribution is -2.20. The van der Waals surface area contributed by atoms with E-state index in [0.717, 1.165) is 12.1 Å². The van der Waals surface area contributed by atoms with E-state index in [9.17, 15) is 28.1 Å². The Kier molecular flexibility index (Phi) is 5.36. The van der Waals surface area contributed by atoms with E-state index in [-0.39, 0.29) is 12.2 Å². The van der Waals surface area contributed by atoms with Crippen LogP contribution in [0.25, 0.3) is 0 Å². The second kappa shape index (κ2) is 6.61. The van der Waals surface area contributed by atoms with E-state index in [1.165, 1.54) is 6.92 Å². The Morgan fingerprint density at radius 1 is 1.43 bits per heavy atom. The SMILES string of the molecule is CCOC(=O)c1ccc(OCC(F)(F)F)c([N+](=O)[O-])c1Cl. The van der Waals surface area contributed by atoms with E-state index in [2.05, 4.69) is 9.47 Å². The Morgan fingerprint density at radius 2 is 2.05 bits per heavy atom. The second-order valence-corrected chi connectivity index (χ2v) is 4.03. The summed E-state index contributed by atoms with van der Waals surface area (Å²) in [5, 5.41) is 10.3. The fourth-order valence-corrected chi connectivity index (χ4v) is 1.66. The normalized spacial score (nSPS) is 11.1. The fourth-order valence-electron chi connectivity index (χ4n) is 1.36. The van der Waals surface area contributed by atoms with Gasteiger partial charge in [-0.05, 0) is 19.1 Å². The molecule has 0 aliphatic heterocycles. The first-order valence-corrected chi connectivity index (χ1v) is 5.88. The fraction of sp³-hybridized carbons (Fsp3) is 0.364. The van der Waals surface area contributed by atoms with Gasteiger partial charge < -0.3 is 9.47 Å². The van der Waals surface area contributed by atoms with Gasteiger partial charge in [0.2, 0.25) is 0 Å². The van der Waals surface area contributed by atoms with Crippen molar-refractivity contribution in [1.29, 1.82) is 0 Å². The first kappa shape index (κ1) is 17.0. The number of hydrogen-bond donors (Lipinski definition) is 0. The van der Waals surface area contributed by atoms with Gasteiger partial charge >= 0.3 is 17.8 Å². The van der Waals surface area contributed by atoms with Crippen molar-refractivity contribution < 1.29 is 32.4 Å². The third-order valence-corrected chi connectivity index (χ3v) is 2.53. The van der Waals surface area contributed by atoms with Crippen LogP contribution in [0.1, 0.15) is 17.3 Å². The van der Waals surface area contributed by atoms with Gasteiger partial charge in [0.15, 0.2) is 12.4 Å². The zero-order valence-corrected chi connectivity index (χ0v) is 11.3. The number of nitro benzene ring substituents is 1. The molecule has 0 bridgehead atoms. The standard InChI is InChI=1S/C11H9ClF3NO5/c1-2-20-10(17)6-3-4-7(21-5-11(13,14)15)9(8(6)12)16(18)19/h3-4H,2,5H2,1H3. The molecule has 1 rings (SSSR count). The van der Waals surface area contributed by atoms with Crippen LogP contribution >= 0.6 is 11.6 Å². The molecule has 0 N–H and O–H groups in total. The molecule has 0 saturated heterocycles. The van der Waals surface area contributed by atoms with Gasteiger partial charge in [-0.25, -0.2) is 4.79 Å². The summed E-state index contributed by atoms with van der Waals surface area (Å²) in [4.78, 5) is 21.4. The first-order chi connectivity index (χ1) is 9.67. The van der Waals surface area contributed by atoms with Crippen LogP contribution in [0.2, 0.25) is 5.02 Å². The van der Waals surface area contributed by atoms with Crippen molar-refractivity contribution in [2.75, 3.05) is 13.2 Å². The highest BCUT2D eigenvalue weighted by atomic mass is 35.5. The lowest BCUT2D eigenvalue weighted by molar-refractivity contribution is -0.386. The first-order valence-electron chi connectivity index (χ1n) is 5.51. The number of nitrogens with zero attached hydrogens (tertiary/aromatic N) is 1. The largest absolute Gasteiger partial charge is 0.477 e. The molecular formula is C11H9ClF3NO5. The molecule has 0 amide bonds. The van der Waals surface area contributed by atoms with Gasteiger partial charge in [-0.1, -0.05) is 11.6 Å². The minimum atomic E-state index is -4.67. The average molecular weight is 328 g/mol. The molecule has 0 heterocycles. The molecule has 1 aromatic rings. The average Bonchev–Trinajstić information content (AvgIpc) is 2.35. The summed E-state index contributed by atoms with van der Waals surface area (Å²) in [6.45, 7) is -0.195. The number of nitro groups is 1. The van der Waals surface area contributed by atoms with Crippen LogP contribution in [0.15, 0.2) is 12.1 Å². The van der Waals surface area contributed by atoms with Gasteiger partial charge in [-0.3, -0.25) is 10.1 Å². The number of alkyl halides is 3. The molecule has 0 unspecified atom stereocenters. The van der Waals surface area contributed by atoms with Crippen LogP contribution in [0.3, 0.4) is 0 Å². The Balaban J connectivity index is 3.20. The molecule has 0 saturated carbocycles. The summed E-state index contributed by atoms with van der Waals surface area (Å²) in [6.07, 6.45) is -4.67. The zero-order chi connectivity index (χ0) is 16.2. The van der Waals surface area contributed by atoms with Crippen molar-refractivity contribution in [2.45, 2.75) is 13.1 Å². The van der Waals surface area contributed by atoms with Gasteiger partial charge in [0.1, 0.15) is 5.02 Å². The van der Waals surface area contributed by atoms with Crippen LogP contribution in [0.5, 0.6) is 5.75 Å². The predicted molar refractivity (Wildman–Crippen MR) is 65.6 cm³/mol. The monoisotopic (exact) mass is 327 g/mol. The quantitative estimate of drug-likeness (QED) is 0.470. The van der Waals surface area contributed by atoms with Gasteiger partial charge in [0.05, 0.1) is 17.1 Å². The summed E-state index contributed by atoms with van der Waals surface area (Å²) in [5.41, 5.74) is -1.25. The molecule has 0 aliphatic carbocycles. The Labute approximate surface area is 121 Å². The third-order valence-electron chi connectivity index (χ3n) is 2.15. The van der Waals surface area contributed by atoms with Crippen LogP contribution in [0, 0.1) is 10.1 Å². The van der Waals surface area contributed by atoms with E-state index in [4.69, 9.17) is 11.6 Å².